The molecule has 0 saturated heterocycles. The van der Waals surface area contributed by atoms with E-state index in [4.69, 9.17) is 5.73 Å². The summed E-state index contributed by atoms with van der Waals surface area (Å²) in [4.78, 5) is 13.0. The van der Waals surface area contributed by atoms with Gasteiger partial charge in [0, 0.05) is 20.0 Å². The molecule has 0 aromatic carbocycles. The number of allylic oxidation sites excluding steroid dienone is 1. The van der Waals surface area contributed by atoms with Gasteiger partial charge in [-0.15, -0.1) is 6.58 Å². The minimum atomic E-state index is 0.170. The van der Waals surface area contributed by atoms with E-state index in [1.165, 1.54) is 0 Å². The monoisotopic (exact) mass is 170 g/mol. The Morgan fingerprint density at radius 3 is 2.83 bits per heavy atom. The lowest BCUT2D eigenvalue weighted by atomic mass is 10.2. The van der Waals surface area contributed by atoms with Gasteiger partial charge in [-0.1, -0.05) is 6.08 Å². The minimum Gasteiger partial charge on any atom is -0.346 e. The van der Waals surface area contributed by atoms with Crippen molar-refractivity contribution in [3.8, 4) is 0 Å². The van der Waals surface area contributed by atoms with Crippen LogP contribution in [0.15, 0.2) is 12.7 Å². The second kappa shape index (κ2) is 6.85. The highest BCUT2D eigenvalue weighted by molar-refractivity contribution is 5.75. The topological polar surface area (TPSA) is 46.3 Å². The van der Waals surface area contributed by atoms with Crippen molar-refractivity contribution in [2.75, 3.05) is 20.1 Å². The summed E-state index contributed by atoms with van der Waals surface area (Å²) in [6.45, 7) is 4.96. The van der Waals surface area contributed by atoms with Crippen molar-refractivity contribution >= 4 is 5.91 Å². The van der Waals surface area contributed by atoms with Crippen molar-refractivity contribution in [1.29, 1.82) is 0 Å². The van der Waals surface area contributed by atoms with Crippen molar-refractivity contribution in [2.24, 2.45) is 5.73 Å². The van der Waals surface area contributed by atoms with Crippen LogP contribution in [0.3, 0.4) is 0 Å². The Bertz CT molecular complexity index is 145. The Kier molecular flexibility index (Phi) is 6.38. The number of carbonyl (C=O) groups is 1. The molecule has 0 aliphatic rings. The number of amides is 1. The molecule has 3 heteroatoms. The zero-order chi connectivity index (χ0) is 9.40. The first-order valence-electron chi connectivity index (χ1n) is 4.27. The average Bonchev–Trinajstić information content (AvgIpc) is 2.10. The first-order chi connectivity index (χ1) is 5.72. The lowest BCUT2D eigenvalue weighted by molar-refractivity contribution is -0.129. The summed E-state index contributed by atoms with van der Waals surface area (Å²) in [5.74, 6) is 0.170. The molecule has 70 valence electrons. The molecular weight excluding hydrogens is 152 g/mol. The number of nitrogens with zero attached hydrogens (tertiary/aromatic N) is 1. The Balaban J connectivity index is 3.53. The second-order valence-corrected chi connectivity index (χ2v) is 2.78. The molecule has 0 aromatic rings. The summed E-state index contributed by atoms with van der Waals surface area (Å²) >= 11 is 0. The molecule has 12 heavy (non-hydrogen) atoms. The van der Waals surface area contributed by atoms with Crippen molar-refractivity contribution in [2.45, 2.75) is 19.3 Å². The van der Waals surface area contributed by atoms with Gasteiger partial charge in [-0.25, -0.2) is 0 Å². The normalized spacial score (nSPS) is 9.50. The van der Waals surface area contributed by atoms with Crippen LogP contribution in [0, 0.1) is 0 Å². The number of hydrogen-bond donors (Lipinski definition) is 1. The van der Waals surface area contributed by atoms with Crippen LogP contribution in [-0.4, -0.2) is 30.9 Å². The van der Waals surface area contributed by atoms with Crippen LogP contribution in [0.2, 0.25) is 0 Å². The lowest BCUT2D eigenvalue weighted by Gasteiger charge is -2.15. The molecule has 0 unspecified atom stereocenters. The molecule has 0 aliphatic heterocycles. The predicted molar refractivity (Wildman–Crippen MR) is 50.7 cm³/mol. The van der Waals surface area contributed by atoms with E-state index in [1.807, 2.05) is 0 Å². The van der Waals surface area contributed by atoms with E-state index in [1.54, 1.807) is 18.0 Å². The molecule has 2 N–H and O–H groups in total. The number of rotatable bonds is 6. The third-order valence-electron chi connectivity index (χ3n) is 1.69. The number of hydrogen-bond acceptors (Lipinski definition) is 2. The molecule has 0 atom stereocenters. The van der Waals surface area contributed by atoms with Gasteiger partial charge in [0.15, 0.2) is 0 Å². The molecule has 0 radical (unpaired) electrons. The van der Waals surface area contributed by atoms with Crippen LogP contribution in [0.4, 0.5) is 0 Å². The van der Waals surface area contributed by atoms with Gasteiger partial charge < -0.3 is 10.6 Å². The fourth-order valence-electron chi connectivity index (χ4n) is 0.870. The summed E-state index contributed by atoms with van der Waals surface area (Å²) < 4.78 is 0. The Labute approximate surface area is 74.2 Å². The first-order valence-corrected chi connectivity index (χ1v) is 4.27. The largest absolute Gasteiger partial charge is 0.346 e. The Morgan fingerprint density at radius 1 is 1.67 bits per heavy atom. The molecule has 0 heterocycles. The summed E-state index contributed by atoms with van der Waals surface area (Å²) in [5, 5.41) is 0. The maximum atomic E-state index is 11.2. The first kappa shape index (κ1) is 11.2. The maximum absolute atomic E-state index is 11.2. The average molecular weight is 170 g/mol. The number of carbonyl (C=O) groups excluding carboxylic acids is 1. The van der Waals surface area contributed by atoms with Gasteiger partial charge >= 0.3 is 0 Å². The summed E-state index contributed by atoms with van der Waals surface area (Å²) in [6, 6.07) is 0. The lowest BCUT2D eigenvalue weighted by Crippen LogP contribution is -2.28. The summed E-state index contributed by atoms with van der Waals surface area (Å²) in [5.41, 5.74) is 5.32. The highest BCUT2D eigenvalue weighted by Gasteiger charge is 2.05. The van der Waals surface area contributed by atoms with Gasteiger partial charge in [0.1, 0.15) is 0 Å². The molecule has 0 fully saturated rings. The van der Waals surface area contributed by atoms with Crippen LogP contribution in [-0.2, 0) is 4.79 Å². The van der Waals surface area contributed by atoms with E-state index in [0.717, 1.165) is 19.4 Å². The molecule has 0 aliphatic carbocycles. The Hall–Kier alpha value is -0.830. The van der Waals surface area contributed by atoms with Crippen molar-refractivity contribution < 1.29 is 4.79 Å². The van der Waals surface area contributed by atoms with Gasteiger partial charge in [0.2, 0.25) is 5.91 Å². The fourth-order valence-corrected chi connectivity index (χ4v) is 0.870. The quantitative estimate of drug-likeness (QED) is 0.598. The van der Waals surface area contributed by atoms with Crippen LogP contribution < -0.4 is 5.73 Å². The SMILES string of the molecule is C=CCCC(=O)N(C)CCCN. The summed E-state index contributed by atoms with van der Waals surface area (Å²) in [6.07, 6.45) is 3.95. The van der Waals surface area contributed by atoms with E-state index in [2.05, 4.69) is 6.58 Å². The molecule has 0 rings (SSSR count). The van der Waals surface area contributed by atoms with Crippen LogP contribution in [0.5, 0.6) is 0 Å². The second-order valence-electron chi connectivity index (χ2n) is 2.78. The van der Waals surface area contributed by atoms with Crippen molar-refractivity contribution in [3.63, 3.8) is 0 Å². The molecular formula is C9H18N2O. The minimum absolute atomic E-state index is 0.170. The fraction of sp³-hybridized carbons (Fsp3) is 0.667. The van der Waals surface area contributed by atoms with E-state index >= 15 is 0 Å². The van der Waals surface area contributed by atoms with E-state index in [9.17, 15) is 4.79 Å². The summed E-state index contributed by atoms with van der Waals surface area (Å²) in [7, 11) is 1.81. The molecule has 0 bridgehead atoms. The zero-order valence-corrected chi connectivity index (χ0v) is 7.75. The zero-order valence-electron chi connectivity index (χ0n) is 7.75. The standard InChI is InChI=1S/C9H18N2O/c1-3-4-6-9(12)11(2)8-5-7-10/h3H,1,4-8,10H2,2H3. The van der Waals surface area contributed by atoms with E-state index < -0.39 is 0 Å². The van der Waals surface area contributed by atoms with Crippen LogP contribution >= 0.6 is 0 Å². The van der Waals surface area contributed by atoms with Gasteiger partial charge in [-0.05, 0) is 19.4 Å². The number of nitrogens with two attached hydrogens (primary N) is 1. The van der Waals surface area contributed by atoms with Gasteiger partial charge in [0.05, 0.1) is 0 Å². The Morgan fingerprint density at radius 2 is 2.33 bits per heavy atom. The van der Waals surface area contributed by atoms with E-state index in [0.29, 0.717) is 13.0 Å². The molecule has 0 saturated carbocycles. The smallest absolute Gasteiger partial charge is 0.222 e. The van der Waals surface area contributed by atoms with Crippen molar-refractivity contribution in [3.05, 3.63) is 12.7 Å². The van der Waals surface area contributed by atoms with Gasteiger partial charge in [-0.3, -0.25) is 4.79 Å². The van der Waals surface area contributed by atoms with Gasteiger partial charge in [-0.2, -0.15) is 0 Å². The predicted octanol–water partition coefficient (Wildman–Crippen LogP) is 0.760. The molecule has 1 amide bonds. The molecule has 0 aromatic heterocycles. The molecule has 3 nitrogen and oxygen atoms in total. The third-order valence-corrected chi connectivity index (χ3v) is 1.69. The van der Waals surface area contributed by atoms with Crippen LogP contribution in [0.25, 0.3) is 0 Å². The maximum Gasteiger partial charge on any atom is 0.222 e. The van der Waals surface area contributed by atoms with Crippen molar-refractivity contribution in [1.82, 2.24) is 4.90 Å². The van der Waals surface area contributed by atoms with Crippen LogP contribution in [0.1, 0.15) is 19.3 Å². The highest BCUT2D eigenvalue weighted by Crippen LogP contribution is 1.96. The third kappa shape index (κ3) is 4.91. The highest BCUT2D eigenvalue weighted by atomic mass is 16.2. The molecule has 0 spiro atoms. The van der Waals surface area contributed by atoms with Gasteiger partial charge in [0.25, 0.3) is 0 Å². The van der Waals surface area contributed by atoms with E-state index in [-0.39, 0.29) is 5.91 Å².